The minimum absolute atomic E-state index is 0.0474. The maximum Gasteiger partial charge on any atom is 0.248 e. The highest BCUT2D eigenvalue weighted by Crippen LogP contribution is 2.42. The van der Waals surface area contributed by atoms with E-state index in [0.29, 0.717) is 40.1 Å². The summed E-state index contributed by atoms with van der Waals surface area (Å²) in [4.78, 5) is 27.6. The lowest BCUT2D eigenvalue weighted by Gasteiger charge is -2.24. The van der Waals surface area contributed by atoms with E-state index in [1.54, 1.807) is 48.8 Å². The Morgan fingerprint density at radius 2 is 1.76 bits per heavy atom. The first-order valence-electron chi connectivity index (χ1n) is 8.99. The summed E-state index contributed by atoms with van der Waals surface area (Å²) in [7, 11) is 0. The molecule has 29 heavy (non-hydrogen) atoms. The Labute approximate surface area is 175 Å². The quantitative estimate of drug-likeness (QED) is 0.629. The molecule has 0 fully saturated rings. The normalized spacial score (nSPS) is 13.9. The molecule has 3 aromatic rings. The van der Waals surface area contributed by atoms with Crippen LogP contribution < -0.4 is 15.2 Å². The van der Waals surface area contributed by atoms with Crippen molar-refractivity contribution in [3.8, 4) is 11.5 Å². The molecule has 0 aliphatic carbocycles. The fraction of sp³-hybridized carbons (Fsp3) is 0.136. The molecule has 2 aromatic carbocycles. The van der Waals surface area contributed by atoms with Gasteiger partial charge in [-0.15, -0.1) is 0 Å². The van der Waals surface area contributed by atoms with Crippen LogP contribution >= 0.6 is 15.9 Å². The number of amides is 1. The van der Waals surface area contributed by atoms with Gasteiger partial charge in [-0.25, -0.2) is 0 Å². The van der Waals surface area contributed by atoms with Crippen LogP contribution in [0.5, 0.6) is 11.5 Å². The van der Waals surface area contributed by atoms with Gasteiger partial charge in [-0.1, -0.05) is 12.1 Å². The number of rotatable bonds is 5. The number of nitrogens with zero attached hydrogens (tertiary/aromatic N) is 1. The number of ketones is 1. The van der Waals surface area contributed by atoms with E-state index in [0.717, 1.165) is 11.1 Å². The number of primary amides is 1. The molecular formula is C22H17BrN2O4. The molecular weight excluding hydrogens is 436 g/mol. The van der Waals surface area contributed by atoms with E-state index in [2.05, 4.69) is 20.9 Å². The van der Waals surface area contributed by atoms with E-state index in [1.165, 1.54) is 0 Å². The number of aromatic nitrogens is 1. The molecule has 1 amide bonds. The van der Waals surface area contributed by atoms with Gasteiger partial charge in [-0.3, -0.25) is 14.6 Å². The molecule has 2 heterocycles. The third kappa shape index (κ3) is 3.86. The smallest absolute Gasteiger partial charge is 0.248 e. The second kappa shape index (κ2) is 8.05. The van der Waals surface area contributed by atoms with Crippen LogP contribution in [0.2, 0.25) is 0 Å². The summed E-state index contributed by atoms with van der Waals surface area (Å²) >= 11 is 3.52. The van der Waals surface area contributed by atoms with Gasteiger partial charge in [0.05, 0.1) is 12.2 Å². The number of fused-ring (bicyclic) bond motifs is 1. The Bertz CT molecular complexity index is 1070. The summed E-state index contributed by atoms with van der Waals surface area (Å²) in [5.74, 6) is 0.596. The van der Waals surface area contributed by atoms with Crippen molar-refractivity contribution >= 4 is 27.6 Å². The Hall–Kier alpha value is -3.19. The van der Waals surface area contributed by atoms with Crippen LogP contribution in [-0.2, 0) is 0 Å². The molecule has 1 aliphatic heterocycles. The van der Waals surface area contributed by atoms with E-state index < -0.39 is 12.0 Å². The van der Waals surface area contributed by atoms with Gasteiger partial charge in [-0.2, -0.15) is 0 Å². The average molecular weight is 453 g/mol. The average Bonchev–Trinajstić information content (AvgIpc) is 2.74. The molecule has 6 nitrogen and oxygen atoms in total. The zero-order chi connectivity index (χ0) is 20.4. The monoisotopic (exact) mass is 452 g/mol. The van der Waals surface area contributed by atoms with Gasteiger partial charge >= 0.3 is 0 Å². The van der Waals surface area contributed by atoms with Gasteiger partial charge in [0.25, 0.3) is 0 Å². The summed E-state index contributed by atoms with van der Waals surface area (Å²) in [6.07, 6.45) is 3.28. The van der Waals surface area contributed by atoms with E-state index in [1.807, 2.05) is 12.1 Å². The number of Topliss-reactive ketones (excluding diaryl/α,β-unsaturated/α-hetero) is 1. The molecule has 0 spiro atoms. The van der Waals surface area contributed by atoms with Crippen LogP contribution in [0.25, 0.3) is 0 Å². The minimum atomic E-state index is -0.489. The molecule has 4 rings (SSSR count). The molecule has 1 aliphatic rings. The van der Waals surface area contributed by atoms with Crippen LogP contribution in [0.1, 0.15) is 44.4 Å². The number of carbonyl (C=O) groups is 2. The van der Waals surface area contributed by atoms with E-state index in [9.17, 15) is 9.59 Å². The molecule has 146 valence electrons. The Kier molecular flexibility index (Phi) is 5.31. The molecule has 1 aromatic heterocycles. The molecule has 0 saturated carbocycles. The standard InChI is InChI=1S/C22H17BrN2O4/c23-19-18(6-5-16-17(26)9-12-28-21(16)19)29-20(14-7-10-25-11-8-14)13-1-3-15(4-2-13)22(24)27/h1-8,10-11,20H,9,12H2,(H2,24,27). The second-order valence-electron chi connectivity index (χ2n) is 6.54. The highest BCUT2D eigenvalue weighted by molar-refractivity contribution is 9.10. The zero-order valence-corrected chi connectivity index (χ0v) is 16.9. The highest BCUT2D eigenvalue weighted by atomic mass is 79.9. The molecule has 7 heteroatoms. The lowest BCUT2D eigenvalue weighted by molar-refractivity contribution is 0.0931. The molecule has 0 saturated heterocycles. The van der Waals surface area contributed by atoms with Crippen LogP contribution in [0.4, 0.5) is 0 Å². The van der Waals surface area contributed by atoms with Crippen LogP contribution in [0, 0.1) is 0 Å². The zero-order valence-electron chi connectivity index (χ0n) is 15.3. The SMILES string of the molecule is NC(=O)c1ccc(C(Oc2ccc3c(c2Br)OCCC3=O)c2ccncc2)cc1. The van der Waals surface area contributed by atoms with Crippen LogP contribution in [-0.4, -0.2) is 23.3 Å². The van der Waals surface area contributed by atoms with Crippen molar-refractivity contribution in [3.05, 3.63) is 87.7 Å². The summed E-state index contributed by atoms with van der Waals surface area (Å²) in [6, 6.07) is 14.1. The summed E-state index contributed by atoms with van der Waals surface area (Å²) in [5.41, 5.74) is 8.03. The van der Waals surface area contributed by atoms with Gasteiger partial charge in [0, 0.05) is 24.4 Å². The van der Waals surface area contributed by atoms with Crippen LogP contribution in [0.3, 0.4) is 0 Å². The van der Waals surface area contributed by atoms with Crippen molar-refractivity contribution in [1.29, 1.82) is 0 Å². The van der Waals surface area contributed by atoms with Crippen molar-refractivity contribution in [3.63, 3.8) is 0 Å². The van der Waals surface area contributed by atoms with E-state index >= 15 is 0 Å². The summed E-state index contributed by atoms with van der Waals surface area (Å²) < 4.78 is 12.6. The van der Waals surface area contributed by atoms with Crippen LogP contribution in [0.15, 0.2) is 65.4 Å². The first-order valence-corrected chi connectivity index (χ1v) is 9.78. The number of hydrogen-bond acceptors (Lipinski definition) is 5. The van der Waals surface area contributed by atoms with Gasteiger partial charge in [0.15, 0.2) is 5.78 Å². The number of nitrogens with two attached hydrogens (primary N) is 1. The lowest BCUT2D eigenvalue weighted by Crippen LogP contribution is -2.17. The third-order valence-electron chi connectivity index (χ3n) is 4.69. The minimum Gasteiger partial charge on any atom is -0.491 e. The summed E-state index contributed by atoms with van der Waals surface area (Å²) in [5, 5.41) is 0. The number of halogens is 1. The fourth-order valence-corrected chi connectivity index (χ4v) is 3.74. The Morgan fingerprint density at radius 1 is 1.07 bits per heavy atom. The topological polar surface area (TPSA) is 91.5 Å². The first kappa shape index (κ1) is 19.1. The highest BCUT2D eigenvalue weighted by Gasteiger charge is 2.25. The molecule has 0 bridgehead atoms. The fourth-order valence-electron chi connectivity index (χ4n) is 3.19. The van der Waals surface area contributed by atoms with Gasteiger partial charge in [-0.05, 0) is 63.5 Å². The Morgan fingerprint density at radius 3 is 2.45 bits per heavy atom. The number of ether oxygens (including phenoxy) is 2. The van der Waals surface area contributed by atoms with Gasteiger partial charge < -0.3 is 15.2 Å². The maximum absolute atomic E-state index is 12.1. The summed E-state index contributed by atoms with van der Waals surface area (Å²) in [6.45, 7) is 0.344. The maximum atomic E-state index is 12.1. The molecule has 2 N–H and O–H groups in total. The van der Waals surface area contributed by atoms with E-state index in [4.69, 9.17) is 15.2 Å². The second-order valence-corrected chi connectivity index (χ2v) is 7.33. The van der Waals surface area contributed by atoms with Crippen molar-refractivity contribution < 1.29 is 19.1 Å². The van der Waals surface area contributed by atoms with Gasteiger partial charge in [0.1, 0.15) is 22.1 Å². The van der Waals surface area contributed by atoms with Crippen molar-refractivity contribution in [2.45, 2.75) is 12.5 Å². The first-order chi connectivity index (χ1) is 14.0. The Balaban J connectivity index is 1.73. The predicted octanol–water partition coefficient (Wildman–Crippen LogP) is 4.08. The van der Waals surface area contributed by atoms with E-state index in [-0.39, 0.29) is 5.78 Å². The van der Waals surface area contributed by atoms with Gasteiger partial charge in [0.2, 0.25) is 5.91 Å². The number of carbonyl (C=O) groups excluding carboxylic acids is 2. The number of pyridine rings is 1. The largest absolute Gasteiger partial charge is 0.491 e. The number of benzene rings is 2. The number of hydrogen-bond donors (Lipinski definition) is 1. The molecule has 0 radical (unpaired) electrons. The lowest BCUT2D eigenvalue weighted by atomic mass is 10.0. The molecule has 1 unspecified atom stereocenters. The molecule has 1 atom stereocenters. The van der Waals surface area contributed by atoms with Crippen molar-refractivity contribution in [2.24, 2.45) is 5.73 Å². The third-order valence-corrected chi connectivity index (χ3v) is 5.44. The van der Waals surface area contributed by atoms with Crippen molar-refractivity contribution in [2.75, 3.05) is 6.61 Å². The van der Waals surface area contributed by atoms with Crippen molar-refractivity contribution in [1.82, 2.24) is 4.98 Å². The predicted molar refractivity (Wildman–Crippen MR) is 110 cm³/mol.